The number of rotatable bonds is 9. The minimum atomic E-state index is -0.139. The van der Waals surface area contributed by atoms with Gasteiger partial charge in [0.2, 0.25) is 5.91 Å². The lowest BCUT2D eigenvalue weighted by molar-refractivity contribution is -0.121. The average Bonchev–Trinajstić information content (AvgIpc) is 3.42. The van der Waals surface area contributed by atoms with E-state index in [0.29, 0.717) is 18.7 Å². The Morgan fingerprint density at radius 3 is 2.75 bits per heavy atom. The first-order valence-electron chi connectivity index (χ1n) is 9.62. The normalized spacial score (nSPS) is 15.2. The van der Waals surface area contributed by atoms with Crippen LogP contribution in [0.1, 0.15) is 41.2 Å². The molecule has 2 amide bonds. The van der Waals surface area contributed by atoms with Gasteiger partial charge in [0, 0.05) is 30.5 Å². The number of benzene rings is 1. The monoisotopic (exact) mass is 401 g/mol. The molecule has 150 valence electrons. The topological polar surface area (TPSA) is 70.7 Å². The van der Waals surface area contributed by atoms with Gasteiger partial charge in [0.05, 0.1) is 13.2 Å². The Balaban J connectivity index is 1.51. The van der Waals surface area contributed by atoms with Crippen molar-refractivity contribution in [3.8, 4) is 5.75 Å². The summed E-state index contributed by atoms with van der Waals surface area (Å²) >= 11 is 1.48. The van der Waals surface area contributed by atoms with Crippen molar-refractivity contribution < 1.29 is 14.3 Å². The van der Waals surface area contributed by atoms with E-state index in [1.807, 2.05) is 23.6 Å². The first-order chi connectivity index (χ1) is 13.7. The van der Waals surface area contributed by atoms with E-state index in [9.17, 15) is 9.59 Å². The zero-order valence-corrected chi connectivity index (χ0v) is 17.0. The molecule has 2 N–H and O–H groups in total. The number of hydrogen-bond acceptors (Lipinski definition) is 5. The number of thiophene rings is 1. The number of nitrogens with one attached hydrogen (secondary N) is 2. The van der Waals surface area contributed by atoms with Crippen LogP contribution in [0.4, 0.5) is 0 Å². The molecule has 1 aromatic carbocycles. The summed E-state index contributed by atoms with van der Waals surface area (Å²) in [4.78, 5) is 26.6. The van der Waals surface area contributed by atoms with E-state index in [2.05, 4.69) is 21.6 Å². The fourth-order valence-electron chi connectivity index (χ4n) is 3.44. The van der Waals surface area contributed by atoms with Gasteiger partial charge in [-0.3, -0.25) is 14.5 Å². The van der Waals surface area contributed by atoms with E-state index in [4.69, 9.17) is 4.74 Å². The Morgan fingerprint density at radius 2 is 2.04 bits per heavy atom. The average molecular weight is 402 g/mol. The highest BCUT2D eigenvalue weighted by Gasteiger charge is 2.24. The predicted molar refractivity (Wildman–Crippen MR) is 111 cm³/mol. The van der Waals surface area contributed by atoms with Gasteiger partial charge in [0.15, 0.2) is 0 Å². The highest BCUT2D eigenvalue weighted by atomic mass is 32.1. The first kappa shape index (κ1) is 20.4. The summed E-state index contributed by atoms with van der Waals surface area (Å²) in [5, 5.41) is 9.47. The second kappa shape index (κ2) is 10.2. The molecule has 1 aliphatic heterocycles. The van der Waals surface area contributed by atoms with Crippen molar-refractivity contribution in [1.29, 1.82) is 0 Å². The summed E-state index contributed by atoms with van der Waals surface area (Å²) in [6.45, 7) is 2.95. The first-order valence-corrected chi connectivity index (χ1v) is 10.6. The number of likely N-dealkylation sites (tertiary alicyclic amines) is 1. The second-order valence-corrected chi connectivity index (χ2v) is 7.64. The molecule has 2 aromatic rings. The molecule has 28 heavy (non-hydrogen) atoms. The molecule has 3 rings (SSSR count). The molecular formula is C21H27N3O3S. The fourth-order valence-corrected chi connectivity index (χ4v) is 4.08. The molecule has 1 aliphatic rings. The SMILES string of the molecule is COc1cccc([C@H](CNC(=O)CCNC(=O)c2ccsc2)N2CCCC2)c1. The molecule has 2 heterocycles. The van der Waals surface area contributed by atoms with Gasteiger partial charge in [-0.05, 0) is 55.1 Å². The maximum atomic E-state index is 12.3. The quantitative estimate of drug-likeness (QED) is 0.678. The van der Waals surface area contributed by atoms with Crippen molar-refractivity contribution >= 4 is 23.2 Å². The van der Waals surface area contributed by atoms with E-state index in [0.717, 1.165) is 24.4 Å². The molecule has 0 radical (unpaired) electrons. The molecule has 7 heteroatoms. The van der Waals surface area contributed by atoms with Gasteiger partial charge in [0.25, 0.3) is 5.91 Å². The second-order valence-electron chi connectivity index (χ2n) is 6.86. The highest BCUT2D eigenvalue weighted by molar-refractivity contribution is 7.08. The number of carbonyl (C=O) groups excluding carboxylic acids is 2. The van der Waals surface area contributed by atoms with Gasteiger partial charge in [0.1, 0.15) is 5.75 Å². The van der Waals surface area contributed by atoms with Gasteiger partial charge >= 0.3 is 0 Å². The van der Waals surface area contributed by atoms with Gasteiger partial charge in [-0.25, -0.2) is 0 Å². The minimum absolute atomic E-state index is 0.0577. The van der Waals surface area contributed by atoms with Crippen LogP contribution >= 0.6 is 11.3 Å². The lowest BCUT2D eigenvalue weighted by atomic mass is 10.0. The molecule has 1 saturated heterocycles. The lowest BCUT2D eigenvalue weighted by Gasteiger charge is -2.28. The maximum Gasteiger partial charge on any atom is 0.252 e. The number of methoxy groups -OCH3 is 1. The standard InChI is InChI=1S/C21H27N3O3S/c1-27-18-6-4-5-16(13-18)19(24-10-2-3-11-24)14-23-20(25)7-9-22-21(26)17-8-12-28-15-17/h4-6,8,12-13,15,19H,2-3,7,9-11,14H2,1H3,(H,22,26)(H,23,25)/t19-/m0/s1. The van der Waals surface area contributed by atoms with Crippen molar-refractivity contribution in [1.82, 2.24) is 15.5 Å². The third-order valence-corrected chi connectivity index (χ3v) is 5.66. The van der Waals surface area contributed by atoms with Crippen molar-refractivity contribution in [2.24, 2.45) is 0 Å². The summed E-state index contributed by atoms with van der Waals surface area (Å²) in [5.41, 5.74) is 1.78. The summed E-state index contributed by atoms with van der Waals surface area (Å²) in [5.74, 6) is 0.627. The van der Waals surface area contributed by atoms with E-state index < -0.39 is 0 Å². The van der Waals surface area contributed by atoms with Gasteiger partial charge in [-0.1, -0.05) is 12.1 Å². The van der Waals surface area contributed by atoms with Gasteiger partial charge < -0.3 is 15.4 Å². The Bertz CT molecular complexity index is 773. The zero-order valence-electron chi connectivity index (χ0n) is 16.1. The molecule has 1 fully saturated rings. The van der Waals surface area contributed by atoms with E-state index in [1.54, 1.807) is 18.6 Å². The molecule has 1 atom stereocenters. The van der Waals surface area contributed by atoms with E-state index in [1.165, 1.54) is 24.2 Å². The maximum absolute atomic E-state index is 12.3. The minimum Gasteiger partial charge on any atom is -0.497 e. The number of nitrogens with zero attached hydrogens (tertiary/aromatic N) is 1. The zero-order chi connectivity index (χ0) is 19.8. The number of hydrogen-bond donors (Lipinski definition) is 2. The summed E-state index contributed by atoms with van der Waals surface area (Å²) in [6.07, 6.45) is 2.63. The van der Waals surface area contributed by atoms with E-state index >= 15 is 0 Å². The predicted octanol–water partition coefficient (Wildman–Crippen LogP) is 2.83. The van der Waals surface area contributed by atoms with Crippen LogP contribution in [0.25, 0.3) is 0 Å². The number of ether oxygens (including phenoxy) is 1. The van der Waals surface area contributed by atoms with Crippen LogP contribution in [-0.2, 0) is 4.79 Å². The van der Waals surface area contributed by atoms with Crippen LogP contribution in [0.3, 0.4) is 0 Å². The molecular weight excluding hydrogens is 374 g/mol. The van der Waals surface area contributed by atoms with Crippen LogP contribution in [-0.4, -0.2) is 50.0 Å². The fraction of sp³-hybridized carbons (Fsp3) is 0.429. The van der Waals surface area contributed by atoms with Gasteiger partial charge in [-0.15, -0.1) is 0 Å². The third-order valence-electron chi connectivity index (χ3n) is 4.97. The molecule has 1 aromatic heterocycles. The van der Waals surface area contributed by atoms with Crippen LogP contribution in [0.15, 0.2) is 41.1 Å². The molecule has 6 nitrogen and oxygen atoms in total. The molecule has 0 unspecified atom stereocenters. The summed E-state index contributed by atoms with van der Waals surface area (Å²) in [6, 6.07) is 9.93. The molecule has 0 bridgehead atoms. The van der Waals surface area contributed by atoms with Crippen molar-refractivity contribution in [2.45, 2.75) is 25.3 Å². The highest BCUT2D eigenvalue weighted by Crippen LogP contribution is 2.27. The lowest BCUT2D eigenvalue weighted by Crippen LogP contribution is -2.38. The smallest absolute Gasteiger partial charge is 0.252 e. The Hall–Kier alpha value is -2.38. The largest absolute Gasteiger partial charge is 0.497 e. The van der Waals surface area contributed by atoms with Gasteiger partial charge in [-0.2, -0.15) is 11.3 Å². The van der Waals surface area contributed by atoms with Crippen LogP contribution in [0.5, 0.6) is 5.75 Å². The van der Waals surface area contributed by atoms with Crippen molar-refractivity contribution in [2.75, 3.05) is 33.3 Å². The van der Waals surface area contributed by atoms with Crippen LogP contribution < -0.4 is 15.4 Å². The Labute approximate surface area is 169 Å². The number of carbonyl (C=O) groups is 2. The van der Waals surface area contributed by atoms with Crippen molar-refractivity contribution in [3.05, 3.63) is 52.2 Å². The third kappa shape index (κ3) is 5.56. The number of amides is 2. The van der Waals surface area contributed by atoms with Crippen LogP contribution in [0.2, 0.25) is 0 Å². The summed E-state index contributed by atoms with van der Waals surface area (Å²) in [7, 11) is 1.66. The molecule has 0 aliphatic carbocycles. The van der Waals surface area contributed by atoms with Crippen molar-refractivity contribution in [3.63, 3.8) is 0 Å². The molecule has 0 spiro atoms. The molecule has 0 saturated carbocycles. The van der Waals surface area contributed by atoms with Crippen LogP contribution in [0, 0.1) is 0 Å². The Kier molecular flexibility index (Phi) is 7.45. The summed E-state index contributed by atoms with van der Waals surface area (Å²) < 4.78 is 5.35. The van der Waals surface area contributed by atoms with E-state index in [-0.39, 0.29) is 24.3 Å². The Morgan fingerprint density at radius 1 is 1.21 bits per heavy atom.